The van der Waals surface area contributed by atoms with Crippen LogP contribution in [0, 0.1) is 5.92 Å². The second-order valence-corrected chi connectivity index (χ2v) is 8.06. The molecule has 0 bridgehead atoms. The minimum atomic E-state index is -0.329. The van der Waals surface area contributed by atoms with E-state index in [0.29, 0.717) is 22.5 Å². The molecular weight excluding hydrogens is 338 g/mol. The Balaban J connectivity index is 1.56. The van der Waals surface area contributed by atoms with Crippen molar-refractivity contribution >= 4 is 17.2 Å². The van der Waals surface area contributed by atoms with Crippen molar-refractivity contribution in [1.29, 1.82) is 0 Å². The highest BCUT2D eigenvalue weighted by Crippen LogP contribution is 2.19. The zero-order chi connectivity index (χ0) is 17.8. The highest BCUT2D eigenvalue weighted by molar-refractivity contribution is 7.13. The number of nitrogens with zero attached hydrogens (tertiary/aromatic N) is 4. The van der Waals surface area contributed by atoms with E-state index in [1.165, 1.54) is 24.2 Å². The van der Waals surface area contributed by atoms with Gasteiger partial charge in [0.25, 0.3) is 5.91 Å². The molecule has 1 atom stereocenters. The van der Waals surface area contributed by atoms with Crippen LogP contribution >= 0.6 is 11.3 Å². The van der Waals surface area contributed by atoms with E-state index in [1.807, 2.05) is 6.92 Å². The van der Waals surface area contributed by atoms with Crippen LogP contribution in [0.1, 0.15) is 66.0 Å². The van der Waals surface area contributed by atoms with Gasteiger partial charge < -0.3 is 9.84 Å². The van der Waals surface area contributed by atoms with Crippen LogP contribution in [-0.4, -0.2) is 39.0 Å². The summed E-state index contributed by atoms with van der Waals surface area (Å²) in [6.07, 6.45) is 4.91. The number of aromatic nitrogens is 3. The third kappa shape index (κ3) is 4.85. The fourth-order valence-electron chi connectivity index (χ4n) is 2.84. The third-order valence-corrected chi connectivity index (χ3v) is 5.11. The molecule has 0 saturated carbocycles. The second-order valence-electron chi connectivity index (χ2n) is 6.94. The number of hydrogen-bond donors (Lipinski definition) is 1. The number of hydrogen-bond acceptors (Lipinski definition) is 7. The molecule has 1 aliphatic heterocycles. The van der Waals surface area contributed by atoms with Gasteiger partial charge in [0.05, 0.1) is 12.7 Å². The molecule has 7 nitrogen and oxygen atoms in total. The van der Waals surface area contributed by atoms with Crippen molar-refractivity contribution in [2.75, 3.05) is 13.1 Å². The molecule has 1 N–H and O–H groups in total. The normalized spacial score (nSPS) is 16.5. The first-order valence-corrected chi connectivity index (χ1v) is 9.63. The fourth-order valence-corrected chi connectivity index (χ4v) is 3.70. The quantitative estimate of drug-likeness (QED) is 0.814. The zero-order valence-corrected chi connectivity index (χ0v) is 15.8. The molecule has 3 rings (SSSR count). The van der Waals surface area contributed by atoms with Crippen LogP contribution in [0.4, 0.5) is 0 Å². The largest absolute Gasteiger partial charge is 0.340 e. The average molecular weight is 363 g/mol. The average Bonchev–Trinajstić information content (AvgIpc) is 3.28. The van der Waals surface area contributed by atoms with Crippen molar-refractivity contribution in [2.24, 2.45) is 5.92 Å². The molecule has 25 heavy (non-hydrogen) atoms. The van der Waals surface area contributed by atoms with E-state index in [4.69, 9.17) is 4.52 Å². The van der Waals surface area contributed by atoms with Crippen LogP contribution in [-0.2, 0) is 13.0 Å². The van der Waals surface area contributed by atoms with Crippen molar-refractivity contribution in [3.05, 3.63) is 27.8 Å². The van der Waals surface area contributed by atoms with Gasteiger partial charge in [0, 0.05) is 6.42 Å². The first-order valence-electron chi connectivity index (χ1n) is 8.81. The van der Waals surface area contributed by atoms with E-state index in [2.05, 4.69) is 39.2 Å². The summed E-state index contributed by atoms with van der Waals surface area (Å²) in [6.45, 7) is 9.12. The maximum absolute atomic E-state index is 12.4. The van der Waals surface area contributed by atoms with Crippen molar-refractivity contribution < 1.29 is 9.32 Å². The summed E-state index contributed by atoms with van der Waals surface area (Å²) in [5, 5.41) is 7.86. The molecule has 1 saturated heterocycles. The predicted octanol–water partition coefficient (Wildman–Crippen LogP) is 2.81. The highest BCUT2D eigenvalue weighted by Gasteiger charge is 2.20. The highest BCUT2D eigenvalue weighted by atomic mass is 32.1. The standard InChI is InChI=1S/C17H25N5O2S/c1-11(2)8-14-20-17(24-21-14)12(3)19-16(23)13-9-18-15(25-13)10-22-6-4-5-7-22/h9,11-12H,4-8,10H2,1-3H3,(H,19,23). The fraction of sp³-hybridized carbons (Fsp3) is 0.647. The number of thiazole rings is 1. The molecule has 1 fully saturated rings. The number of rotatable bonds is 7. The van der Waals surface area contributed by atoms with Gasteiger partial charge in [0.2, 0.25) is 5.89 Å². The molecule has 0 spiro atoms. The second kappa shape index (κ2) is 8.05. The summed E-state index contributed by atoms with van der Waals surface area (Å²) < 4.78 is 5.26. The van der Waals surface area contributed by atoms with Gasteiger partial charge in [-0.05, 0) is 38.8 Å². The smallest absolute Gasteiger partial charge is 0.263 e. The van der Waals surface area contributed by atoms with Gasteiger partial charge in [-0.25, -0.2) is 4.98 Å². The maximum Gasteiger partial charge on any atom is 0.263 e. The Morgan fingerprint density at radius 2 is 2.12 bits per heavy atom. The van der Waals surface area contributed by atoms with Crippen molar-refractivity contribution in [1.82, 2.24) is 25.3 Å². The Kier molecular flexibility index (Phi) is 5.80. The summed E-state index contributed by atoms with van der Waals surface area (Å²) >= 11 is 1.45. The first-order chi connectivity index (χ1) is 12.0. The third-order valence-electron chi connectivity index (χ3n) is 4.13. The summed E-state index contributed by atoms with van der Waals surface area (Å²) in [7, 11) is 0. The maximum atomic E-state index is 12.4. The molecule has 2 aromatic heterocycles. The van der Waals surface area contributed by atoms with Crippen LogP contribution in [0.3, 0.4) is 0 Å². The van der Waals surface area contributed by atoms with Gasteiger partial charge in [-0.15, -0.1) is 11.3 Å². The number of amides is 1. The van der Waals surface area contributed by atoms with Crippen molar-refractivity contribution in [3.8, 4) is 0 Å². The molecule has 1 unspecified atom stereocenters. The minimum absolute atomic E-state index is 0.152. The number of nitrogens with one attached hydrogen (secondary N) is 1. The molecule has 3 heterocycles. The predicted molar refractivity (Wildman–Crippen MR) is 95.3 cm³/mol. The summed E-state index contributed by atoms with van der Waals surface area (Å²) in [4.78, 5) is 24.1. The van der Waals surface area contributed by atoms with Crippen LogP contribution in [0.2, 0.25) is 0 Å². The molecular formula is C17H25N5O2S. The monoisotopic (exact) mass is 363 g/mol. The number of carbonyl (C=O) groups is 1. The van der Waals surface area contributed by atoms with Gasteiger partial charge >= 0.3 is 0 Å². The van der Waals surface area contributed by atoms with Crippen LogP contribution in [0.25, 0.3) is 0 Å². The first kappa shape index (κ1) is 18.0. The lowest BCUT2D eigenvalue weighted by molar-refractivity contribution is 0.0936. The van der Waals surface area contributed by atoms with E-state index in [1.54, 1.807) is 6.20 Å². The van der Waals surface area contributed by atoms with Crippen LogP contribution < -0.4 is 5.32 Å². The Morgan fingerprint density at radius 1 is 1.36 bits per heavy atom. The van der Waals surface area contributed by atoms with E-state index < -0.39 is 0 Å². The van der Waals surface area contributed by atoms with Gasteiger partial charge in [-0.1, -0.05) is 19.0 Å². The van der Waals surface area contributed by atoms with E-state index in [9.17, 15) is 4.79 Å². The summed E-state index contributed by atoms with van der Waals surface area (Å²) in [5.74, 6) is 1.42. The molecule has 0 radical (unpaired) electrons. The summed E-state index contributed by atoms with van der Waals surface area (Å²) in [6, 6.07) is -0.329. The van der Waals surface area contributed by atoms with Gasteiger partial charge in [-0.3, -0.25) is 9.69 Å². The Labute approximate surface area is 151 Å². The van der Waals surface area contributed by atoms with E-state index >= 15 is 0 Å². The Bertz CT molecular complexity index is 705. The lowest BCUT2D eigenvalue weighted by atomic mass is 10.1. The number of carbonyl (C=O) groups excluding carboxylic acids is 1. The molecule has 1 amide bonds. The van der Waals surface area contributed by atoms with Crippen molar-refractivity contribution in [2.45, 2.75) is 52.6 Å². The van der Waals surface area contributed by atoms with E-state index in [-0.39, 0.29) is 11.9 Å². The van der Waals surface area contributed by atoms with Crippen LogP contribution in [0.5, 0.6) is 0 Å². The van der Waals surface area contributed by atoms with Crippen molar-refractivity contribution in [3.63, 3.8) is 0 Å². The number of likely N-dealkylation sites (tertiary alicyclic amines) is 1. The summed E-state index contributed by atoms with van der Waals surface area (Å²) in [5.41, 5.74) is 0. The molecule has 2 aromatic rings. The molecule has 0 aromatic carbocycles. The molecule has 1 aliphatic rings. The van der Waals surface area contributed by atoms with Gasteiger partial charge in [0.1, 0.15) is 15.9 Å². The minimum Gasteiger partial charge on any atom is -0.340 e. The van der Waals surface area contributed by atoms with E-state index in [0.717, 1.165) is 31.1 Å². The van der Waals surface area contributed by atoms with Gasteiger partial charge in [0.15, 0.2) is 5.82 Å². The van der Waals surface area contributed by atoms with Crippen LogP contribution in [0.15, 0.2) is 10.7 Å². The molecule has 8 heteroatoms. The van der Waals surface area contributed by atoms with Gasteiger partial charge in [-0.2, -0.15) is 4.98 Å². The molecule has 0 aliphatic carbocycles. The Hall–Kier alpha value is -1.80. The SMILES string of the molecule is CC(C)Cc1noc(C(C)NC(=O)c2cnc(CN3CCCC3)s2)n1. The zero-order valence-electron chi connectivity index (χ0n) is 15.0. The lowest BCUT2D eigenvalue weighted by Gasteiger charge is -2.11. The topological polar surface area (TPSA) is 84.2 Å². The molecule has 136 valence electrons. The lowest BCUT2D eigenvalue weighted by Crippen LogP contribution is -2.26. The Morgan fingerprint density at radius 3 is 2.84 bits per heavy atom.